The third kappa shape index (κ3) is 4.66. The molecule has 0 bridgehead atoms. The molecule has 2 aromatic carbocycles. The number of carbonyl (C=O) groups excluding carboxylic acids is 1. The molecular formula is C20H23FN4O4S. The molecule has 0 saturated carbocycles. The second-order valence-electron chi connectivity index (χ2n) is 7.14. The maximum Gasteiger partial charge on any atom is 0.241 e. The minimum absolute atomic E-state index is 0.0210. The highest BCUT2D eigenvalue weighted by molar-refractivity contribution is 7.89. The summed E-state index contributed by atoms with van der Waals surface area (Å²) in [7, 11) is -4.04. The molecule has 3 unspecified atom stereocenters. The monoisotopic (exact) mass is 434 g/mol. The van der Waals surface area contributed by atoms with Gasteiger partial charge in [0.2, 0.25) is 15.9 Å². The van der Waals surface area contributed by atoms with Crippen LogP contribution in [-0.4, -0.2) is 41.5 Å². The summed E-state index contributed by atoms with van der Waals surface area (Å²) >= 11 is 0. The fourth-order valence-corrected chi connectivity index (χ4v) is 4.18. The van der Waals surface area contributed by atoms with Gasteiger partial charge in [-0.1, -0.05) is 23.8 Å². The van der Waals surface area contributed by atoms with Crippen LogP contribution in [0.2, 0.25) is 0 Å². The minimum atomic E-state index is -4.04. The molecule has 1 heterocycles. The molecule has 1 aromatic heterocycles. The summed E-state index contributed by atoms with van der Waals surface area (Å²) in [5, 5.41) is 12.6. The lowest BCUT2D eigenvalue weighted by atomic mass is 10.1. The quantitative estimate of drug-likeness (QED) is 0.452. The molecule has 0 aliphatic rings. The Morgan fingerprint density at radius 3 is 2.43 bits per heavy atom. The van der Waals surface area contributed by atoms with Crippen LogP contribution in [0.15, 0.2) is 47.4 Å². The van der Waals surface area contributed by atoms with Crippen molar-refractivity contribution in [2.45, 2.75) is 43.9 Å². The van der Waals surface area contributed by atoms with E-state index in [-0.39, 0.29) is 10.4 Å². The summed E-state index contributed by atoms with van der Waals surface area (Å²) in [6.45, 7) is 4.74. The second-order valence-corrected chi connectivity index (χ2v) is 8.85. The number of imidazole rings is 1. The van der Waals surface area contributed by atoms with Crippen LogP contribution < -0.4 is 10.0 Å². The van der Waals surface area contributed by atoms with E-state index in [2.05, 4.69) is 20.0 Å². The molecule has 3 rings (SSSR count). The van der Waals surface area contributed by atoms with Gasteiger partial charge in [-0.2, -0.15) is 4.72 Å². The first-order chi connectivity index (χ1) is 14.1. The standard InChI is InChI=1S/C20H23FN4O4S/c1-11-7-9-14(10-8-11)30(28,29)25-17(13(3)26)20(27)22-12(2)19-23-16-6-4-5-15(21)18(16)24-19/h4-10,12-13,17,25-26H,1-3H3,(H,22,27)(H,23,24). The molecule has 0 aliphatic heterocycles. The first kappa shape index (κ1) is 21.9. The van der Waals surface area contributed by atoms with E-state index in [1.54, 1.807) is 25.1 Å². The van der Waals surface area contributed by atoms with Gasteiger partial charge in [0.1, 0.15) is 23.2 Å². The van der Waals surface area contributed by atoms with Gasteiger partial charge in [0.25, 0.3) is 0 Å². The van der Waals surface area contributed by atoms with E-state index in [9.17, 15) is 22.7 Å². The Balaban J connectivity index is 1.77. The van der Waals surface area contributed by atoms with Crippen molar-refractivity contribution in [1.29, 1.82) is 0 Å². The summed E-state index contributed by atoms with van der Waals surface area (Å²) in [6, 6.07) is 8.42. The van der Waals surface area contributed by atoms with Crippen LogP contribution in [0.4, 0.5) is 4.39 Å². The number of para-hydroxylation sites is 1. The first-order valence-electron chi connectivity index (χ1n) is 9.30. The molecule has 0 saturated heterocycles. The van der Waals surface area contributed by atoms with E-state index >= 15 is 0 Å². The Hall–Kier alpha value is -2.82. The molecule has 3 atom stereocenters. The van der Waals surface area contributed by atoms with Crippen LogP contribution in [0, 0.1) is 12.7 Å². The number of aromatic amines is 1. The van der Waals surface area contributed by atoms with Crippen LogP contribution in [0.5, 0.6) is 0 Å². The fourth-order valence-electron chi connectivity index (χ4n) is 2.92. The Kier molecular flexibility index (Phi) is 6.20. The van der Waals surface area contributed by atoms with Crippen molar-refractivity contribution in [3.8, 4) is 0 Å². The van der Waals surface area contributed by atoms with Crippen molar-refractivity contribution in [2.24, 2.45) is 0 Å². The average Bonchev–Trinajstić information content (AvgIpc) is 3.12. The van der Waals surface area contributed by atoms with Gasteiger partial charge in [0, 0.05) is 0 Å². The molecule has 4 N–H and O–H groups in total. The van der Waals surface area contributed by atoms with Crippen molar-refractivity contribution in [2.75, 3.05) is 0 Å². The number of benzene rings is 2. The minimum Gasteiger partial charge on any atom is -0.391 e. The van der Waals surface area contributed by atoms with Crippen molar-refractivity contribution in [3.05, 3.63) is 59.7 Å². The summed E-state index contributed by atoms with van der Waals surface area (Å²) in [6.07, 6.45) is -1.30. The molecule has 0 spiro atoms. The average molecular weight is 434 g/mol. The number of halogens is 1. The third-order valence-electron chi connectivity index (χ3n) is 4.63. The topological polar surface area (TPSA) is 124 Å². The lowest BCUT2D eigenvalue weighted by molar-refractivity contribution is -0.125. The summed E-state index contributed by atoms with van der Waals surface area (Å²) < 4.78 is 41.3. The number of aromatic nitrogens is 2. The van der Waals surface area contributed by atoms with Gasteiger partial charge in [0.05, 0.1) is 22.6 Å². The van der Waals surface area contributed by atoms with Crippen LogP contribution in [0.1, 0.15) is 31.3 Å². The molecule has 1 amide bonds. The number of amides is 1. The smallest absolute Gasteiger partial charge is 0.241 e. The summed E-state index contributed by atoms with van der Waals surface area (Å²) in [5.74, 6) is -0.916. The number of aliphatic hydroxyl groups is 1. The molecule has 160 valence electrons. The van der Waals surface area contributed by atoms with Gasteiger partial charge in [0.15, 0.2) is 0 Å². The van der Waals surface area contributed by atoms with Gasteiger partial charge < -0.3 is 15.4 Å². The molecule has 10 heteroatoms. The number of aryl methyl sites for hydroxylation is 1. The zero-order valence-corrected chi connectivity index (χ0v) is 17.5. The normalized spacial score (nSPS) is 15.0. The zero-order chi connectivity index (χ0) is 22.1. The summed E-state index contributed by atoms with van der Waals surface area (Å²) in [5.41, 5.74) is 1.49. The lowest BCUT2D eigenvalue weighted by Gasteiger charge is -2.22. The number of nitrogens with one attached hydrogen (secondary N) is 3. The van der Waals surface area contributed by atoms with E-state index in [1.165, 1.54) is 31.2 Å². The molecule has 8 nitrogen and oxygen atoms in total. The highest BCUT2D eigenvalue weighted by Crippen LogP contribution is 2.19. The van der Waals surface area contributed by atoms with Crippen molar-refractivity contribution >= 4 is 27.0 Å². The van der Waals surface area contributed by atoms with E-state index in [0.717, 1.165) is 5.56 Å². The summed E-state index contributed by atoms with van der Waals surface area (Å²) in [4.78, 5) is 19.7. The van der Waals surface area contributed by atoms with E-state index in [4.69, 9.17) is 0 Å². The number of sulfonamides is 1. The number of fused-ring (bicyclic) bond motifs is 1. The maximum atomic E-state index is 13.9. The van der Waals surface area contributed by atoms with Crippen molar-refractivity contribution in [1.82, 2.24) is 20.0 Å². The fraction of sp³-hybridized carbons (Fsp3) is 0.300. The Labute approximate surface area is 173 Å². The van der Waals surface area contributed by atoms with E-state index in [1.807, 2.05) is 6.92 Å². The largest absolute Gasteiger partial charge is 0.391 e. The Bertz CT molecular complexity index is 1160. The van der Waals surface area contributed by atoms with Gasteiger partial charge in [-0.25, -0.2) is 17.8 Å². The van der Waals surface area contributed by atoms with Gasteiger partial charge in [-0.05, 0) is 45.0 Å². The van der Waals surface area contributed by atoms with Gasteiger partial charge in [-0.15, -0.1) is 0 Å². The molecule has 30 heavy (non-hydrogen) atoms. The highest BCUT2D eigenvalue weighted by atomic mass is 32.2. The lowest BCUT2D eigenvalue weighted by Crippen LogP contribution is -2.52. The number of nitrogens with zero attached hydrogens (tertiary/aromatic N) is 1. The Morgan fingerprint density at radius 2 is 1.83 bits per heavy atom. The van der Waals surface area contributed by atoms with Gasteiger partial charge in [-0.3, -0.25) is 4.79 Å². The first-order valence-corrected chi connectivity index (χ1v) is 10.8. The van der Waals surface area contributed by atoms with Crippen LogP contribution in [0.3, 0.4) is 0 Å². The number of aliphatic hydroxyl groups excluding tert-OH is 1. The molecule has 0 fully saturated rings. The van der Waals surface area contributed by atoms with Crippen molar-refractivity contribution < 1.29 is 22.7 Å². The van der Waals surface area contributed by atoms with Crippen LogP contribution in [0.25, 0.3) is 11.0 Å². The molecule has 0 radical (unpaired) electrons. The van der Waals surface area contributed by atoms with Crippen LogP contribution in [-0.2, 0) is 14.8 Å². The predicted octanol–water partition coefficient (Wildman–Crippen LogP) is 1.92. The Morgan fingerprint density at radius 1 is 1.17 bits per heavy atom. The highest BCUT2D eigenvalue weighted by Gasteiger charge is 2.31. The molecular weight excluding hydrogens is 411 g/mol. The van der Waals surface area contributed by atoms with Crippen molar-refractivity contribution in [3.63, 3.8) is 0 Å². The molecule has 0 aliphatic carbocycles. The maximum absolute atomic E-state index is 13.9. The SMILES string of the molecule is Cc1ccc(S(=O)(=O)NC(C(=O)NC(C)c2nc3cccc(F)c3[nH]2)C(C)O)cc1. The number of H-pyrrole nitrogens is 1. The second kappa shape index (κ2) is 8.50. The van der Waals surface area contributed by atoms with E-state index in [0.29, 0.717) is 11.3 Å². The van der Waals surface area contributed by atoms with Gasteiger partial charge >= 0.3 is 0 Å². The predicted molar refractivity (Wildman–Crippen MR) is 110 cm³/mol. The number of hydrogen-bond acceptors (Lipinski definition) is 5. The zero-order valence-electron chi connectivity index (χ0n) is 16.7. The number of carbonyl (C=O) groups is 1. The van der Waals surface area contributed by atoms with Crippen LogP contribution >= 0.6 is 0 Å². The molecule has 3 aromatic rings. The third-order valence-corrected chi connectivity index (χ3v) is 6.09. The number of hydrogen-bond donors (Lipinski definition) is 4. The van der Waals surface area contributed by atoms with E-state index < -0.39 is 39.9 Å². The number of rotatable bonds is 7.